The van der Waals surface area contributed by atoms with E-state index in [-0.39, 0.29) is 12.1 Å². The van der Waals surface area contributed by atoms with Crippen molar-refractivity contribution >= 4 is 23.3 Å². The van der Waals surface area contributed by atoms with Gasteiger partial charge in [-0.05, 0) is 72.5 Å². The monoisotopic (exact) mass is 535 g/mol. The number of hydrogen-bond donors (Lipinski definition) is 1. The smallest absolute Gasteiger partial charge is 0.308 e. The van der Waals surface area contributed by atoms with Gasteiger partial charge in [-0.1, -0.05) is 67.9 Å². The fraction of sp³-hybridized carbons (Fsp3) is 0.188. The molecule has 3 aromatic carbocycles. The molecule has 3 heterocycles. The van der Waals surface area contributed by atoms with Gasteiger partial charge in [-0.2, -0.15) is 5.10 Å². The van der Waals surface area contributed by atoms with Crippen molar-refractivity contribution in [1.29, 1.82) is 0 Å². The minimum Gasteiger partial charge on any atom is -0.308 e. The molecule has 6 nitrogen and oxygen atoms in total. The van der Waals surface area contributed by atoms with Crippen LogP contribution in [0.3, 0.4) is 0 Å². The van der Waals surface area contributed by atoms with Crippen molar-refractivity contribution in [3.63, 3.8) is 0 Å². The molecule has 0 bridgehead atoms. The van der Waals surface area contributed by atoms with Gasteiger partial charge >= 0.3 is 6.03 Å². The van der Waals surface area contributed by atoms with Crippen molar-refractivity contribution in [2.45, 2.75) is 39.3 Å². The van der Waals surface area contributed by atoms with E-state index < -0.39 is 0 Å². The Morgan fingerprint density at radius 3 is 2.36 bits per heavy atom. The summed E-state index contributed by atoms with van der Waals surface area (Å²) in [5, 5.41) is 8.77. The van der Waals surface area contributed by atoms with Gasteiger partial charge in [0.2, 0.25) is 0 Å². The summed E-state index contributed by atoms with van der Waals surface area (Å²) in [6, 6.07) is 29.6. The van der Waals surface area contributed by atoms with Crippen LogP contribution < -0.4 is 5.32 Å². The van der Waals surface area contributed by atoms with Crippen LogP contribution in [0.2, 0.25) is 5.02 Å². The first-order chi connectivity index (χ1) is 19.1. The second kappa shape index (κ2) is 10.5. The molecule has 0 spiro atoms. The third-order valence-electron chi connectivity index (χ3n) is 7.36. The van der Waals surface area contributed by atoms with Crippen molar-refractivity contribution in [3.8, 4) is 11.5 Å². The number of aromatic nitrogens is 3. The topological polar surface area (TPSA) is 55.1 Å². The number of amides is 2. The summed E-state index contributed by atoms with van der Waals surface area (Å²) in [5.74, 6) is 0.968. The highest BCUT2D eigenvalue weighted by molar-refractivity contribution is 6.30. The molecule has 1 atom stereocenters. The highest BCUT2D eigenvalue weighted by Crippen LogP contribution is 2.39. The molecule has 0 saturated heterocycles. The Labute approximate surface area is 233 Å². The number of fused-ring (bicyclic) bond motifs is 3. The SMILES string of the molecule is CCc1ccc([C@@H]2c3cccn3-c3c(c(CC)nn3-c3ccccc3)CN2C(=O)Nc2ccc(Cl)cc2)cc1. The summed E-state index contributed by atoms with van der Waals surface area (Å²) >= 11 is 6.10. The van der Waals surface area contributed by atoms with E-state index in [0.717, 1.165) is 46.9 Å². The van der Waals surface area contributed by atoms with E-state index in [1.54, 1.807) is 12.1 Å². The fourth-order valence-corrected chi connectivity index (χ4v) is 5.49. The van der Waals surface area contributed by atoms with E-state index in [2.05, 4.69) is 72.4 Å². The van der Waals surface area contributed by atoms with Crippen LogP contribution >= 0.6 is 11.6 Å². The Morgan fingerprint density at radius 2 is 1.67 bits per heavy atom. The summed E-state index contributed by atoms with van der Waals surface area (Å²) in [4.78, 5) is 16.0. The molecule has 0 radical (unpaired) electrons. The molecule has 0 aliphatic carbocycles. The van der Waals surface area contributed by atoms with Gasteiger partial charge in [0.05, 0.1) is 29.7 Å². The third kappa shape index (κ3) is 4.61. The van der Waals surface area contributed by atoms with Gasteiger partial charge in [0, 0.05) is 22.5 Å². The van der Waals surface area contributed by atoms with Gasteiger partial charge in [-0.15, -0.1) is 0 Å². The molecule has 5 aromatic rings. The number of benzene rings is 3. The Balaban J connectivity index is 1.53. The van der Waals surface area contributed by atoms with Gasteiger partial charge in [0.15, 0.2) is 0 Å². The summed E-state index contributed by atoms with van der Waals surface area (Å²) in [6.45, 7) is 4.67. The van der Waals surface area contributed by atoms with Crippen LogP contribution in [-0.4, -0.2) is 25.3 Å². The first-order valence-corrected chi connectivity index (χ1v) is 13.7. The average Bonchev–Trinajstić information content (AvgIpc) is 3.56. The molecule has 7 heteroatoms. The third-order valence-corrected chi connectivity index (χ3v) is 7.62. The maximum atomic E-state index is 14.1. The molecule has 1 aliphatic heterocycles. The van der Waals surface area contributed by atoms with E-state index in [1.165, 1.54) is 5.56 Å². The van der Waals surface area contributed by atoms with Crippen molar-refractivity contribution in [1.82, 2.24) is 19.2 Å². The second-order valence-electron chi connectivity index (χ2n) is 9.72. The normalized spacial score (nSPS) is 14.4. The van der Waals surface area contributed by atoms with E-state index in [0.29, 0.717) is 17.3 Å². The number of carbonyl (C=O) groups is 1. The molecule has 6 rings (SSSR count). The lowest BCUT2D eigenvalue weighted by molar-refractivity contribution is 0.194. The van der Waals surface area contributed by atoms with Gasteiger partial charge < -0.3 is 14.8 Å². The highest BCUT2D eigenvalue weighted by Gasteiger charge is 2.36. The minimum atomic E-state index is -0.306. The van der Waals surface area contributed by atoms with Crippen LogP contribution in [0.25, 0.3) is 11.5 Å². The second-order valence-corrected chi connectivity index (χ2v) is 10.2. The molecule has 1 N–H and O–H groups in total. The van der Waals surface area contributed by atoms with Gasteiger partial charge in [0.25, 0.3) is 0 Å². The van der Waals surface area contributed by atoms with Crippen molar-refractivity contribution < 1.29 is 4.79 Å². The number of para-hydroxylation sites is 1. The molecule has 2 amide bonds. The van der Waals surface area contributed by atoms with E-state index in [1.807, 2.05) is 46.0 Å². The predicted octanol–water partition coefficient (Wildman–Crippen LogP) is 7.58. The van der Waals surface area contributed by atoms with Crippen LogP contribution in [0.1, 0.15) is 48.0 Å². The lowest BCUT2D eigenvalue weighted by atomic mass is 9.99. The maximum absolute atomic E-state index is 14.1. The summed E-state index contributed by atoms with van der Waals surface area (Å²) in [5.41, 5.74) is 7.01. The zero-order chi connectivity index (χ0) is 26.9. The standard InChI is InChI=1S/C32H30ClN5O/c1-3-22-12-14-23(15-13-22)30-29-11-8-20-36(29)31-27(28(4-2)35-38(31)26-9-6-5-7-10-26)21-37(30)32(39)34-25-18-16-24(33)17-19-25/h5-20,30H,3-4,21H2,1-2H3,(H,34,39)/t30-/m1/s1. The molecular formula is C32H30ClN5O. The number of nitrogens with one attached hydrogen (secondary N) is 1. The molecule has 0 fully saturated rings. The summed E-state index contributed by atoms with van der Waals surface area (Å²) in [6.07, 6.45) is 3.78. The quantitative estimate of drug-likeness (QED) is 0.252. The van der Waals surface area contributed by atoms with Crippen LogP contribution in [0, 0.1) is 0 Å². The largest absolute Gasteiger partial charge is 0.322 e. The van der Waals surface area contributed by atoms with E-state index in [9.17, 15) is 4.79 Å². The Kier molecular flexibility index (Phi) is 6.71. The van der Waals surface area contributed by atoms with Gasteiger partial charge in [0.1, 0.15) is 5.82 Å². The predicted molar refractivity (Wildman–Crippen MR) is 156 cm³/mol. The number of carbonyl (C=O) groups excluding carboxylic acids is 1. The van der Waals surface area contributed by atoms with Crippen molar-refractivity contribution in [2.75, 3.05) is 5.32 Å². The molecule has 39 heavy (non-hydrogen) atoms. The zero-order valence-corrected chi connectivity index (χ0v) is 22.8. The number of urea groups is 1. The number of rotatable bonds is 5. The maximum Gasteiger partial charge on any atom is 0.322 e. The molecule has 1 aliphatic rings. The fourth-order valence-electron chi connectivity index (χ4n) is 5.36. The number of halogens is 1. The van der Waals surface area contributed by atoms with Crippen LogP contribution in [0.5, 0.6) is 0 Å². The Morgan fingerprint density at radius 1 is 0.923 bits per heavy atom. The number of aryl methyl sites for hydroxylation is 2. The summed E-state index contributed by atoms with van der Waals surface area (Å²) < 4.78 is 4.21. The first-order valence-electron chi connectivity index (χ1n) is 13.3. The van der Waals surface area contributed by atoms with Crippen LogP contribution in [0.4, 0.5) is 10.5 Å². The summed E-state index contributed by atoms with van der Waals surface area (Å²) in [7, 11) is 0. The number of anilines is 1. The molecule has 0 unspecified atom stereocenters. The average molecular weight is 536 g/mol. The molecular weight excluding hydrogens is 506 g/mol. The first kappa shape index (κ1) is 25.0. The number of nitrogens with zero attached hydrogens (tertiary/aromatic N) is 4. The van der Waals surface area contributed by atoms with Crippen LogP contribution in [0.15, 0.2) is 97.2 Å². The lowest BCUT2D eigenvalue weighted by Gasteiger charge is -2.31. The van der Waals surface area contributed by atoms with Crippen LogP contribution in [-0.2, 0) is 19.4 Å². The Bertz CT molecular complexity index is 1600. The molecule has 0 saturated carbocycles. The highest BCUT2D eigenvalue weighted by atomic mass is 35.5. The molecule has 2 aromatic heterocycles. The van der Waals surface area contributed by atoms with Crippen molar-refractivity contribution in [3.05, 3.63) is 130 Å². The van der Waals surface area contributed by atoms with E-state index >= 15 is 0 Å². The zero-order valence-electron chi connectivity index (χ0n) is 22.0. The van der Waals surface area contributed by atoms with Gasteiger partial charge in [-0.3, -0.25) is 0 Å². The van der Waals surface area contributed by atoms with E-state index in [4.69, 9.17) is 16.7 Å². The number of hydrogen-bond acceptors (Lipinski definition) is 2. The van der Waals surface area contributed by atoms with Crippen molar-refractivity contribution in [2.24, 2.45) is 0 Å². The van der Waals surface area contributed by atoms with Gasteiger partial charge in [-0.25, -0.2) is 9.48 Å². The lowest BCUT2D eigenvalue weighted by Crippen LogP contribution is -2.38. The minimum absolute atomic E-state index is 0.183. The Hall–Kier alpha value is -4.29. The molecule has 196 valence electrons.